The van der Waals surface area contributed by atoms with Gasteiger partial charge >= 0.3 is 0 Å². The zero-order chi connectivity index (χ0) is 19.4. The molecule has 0 saturated heterocycles. The number of nitrogens with zero attached hydrogens (tertiary/aromatic N) is 2. The molecular formula is C20H17F2N3OS. The van der Waals surface area contributed by atoms with E-state index in [-0.39, 0.29) is 11.4 Å². The van der Waals surface area contributed by atoms with E-state index >= 15 is 0 Å². The molecule has 3 aromatic rings. The van der Waals surface area contributed by atoms with E-state index in [1.807, 2.05) is 32.0 Å². The molecule has 7 heteroatoms. The Morgan fingerprint density at radius 3 is 2.52 bits per heavy atom. The number of halogens is 2. The van der Waals surface area contributed by atoms with Crippen LogP contribution in [0.1, 0.15) is 11.1 Å². The Bertz CT molecular complexity index is 977. The molecule has 0 saturated carbocycles. The molecular weight excluding hydrogens is 368 g/mol. The first kappa shape index (κ1) is 19.0. The van der Waals surface area contributed by atoms with Crippen molar-refractivity contribution in [3.8, 4) is 11.3 Å². The lowest BCUT2D eigenvalue weighted by atomic mass is 10.0. The second-order valence-corrected chi connectivity index (χ2v) is 7.03. The number of benzene rings is 2. The monoisotopic (exact) mass is 385 g/mol. The van der Waals surface area contributed by atoms with Crippen molar-refractivity contribution >= 4 is 23.4 Å². The average Bonchev–Trinajstić information content (AvgIpc) is 2.63. The summed E-state index contributed by atoms with van der Waals surface area (Å²) in [5.41, 5.74) is 4.01. The summed E-state index contributed by atoms with van der Waals surface area (Å²) in [5, 5.41) is 11.3. The number of aryl methyl sites for hydroxylation is 2. The first-order valence-corrected chi connectivity index (χ1v) is 9.20. The van der Waals surface area contributed by atoms with Gasteiger partial charge in [0.1, 0.15) is 16.7 Å². The topological polar surface area (TPSA) is 54.9 Å². The number of anilines is 1. The van der Waals surface area contributed by atoms with E-state index in [2.05, 4.69) is 21.6 Å². The number of aromatic nitrogens is 2. The van der Waals surface area contributed by atoms with Crippen LogP contribution < -0.4 is 5.32 Å². The molecule has 0 radical (unpaired) electrons. The molecule has 4 nitrogen and oxygen atoms in total. The van der Waals surface area contributed by atoms with Crippen LogP contribution in [0.15, 0.2) is 53.6 Å². The van der Waals surface area contributed by atoms with E-state index in [9.17, 15) is 13.6 Å². The highest BCUT2D eigenvalue weighted by atomic mass is 32.2. The molecule has 3 rings (SSSR count). The Morgan fingerprint density at radius 1 is 1.04 bits per heavy atom. The van der Waals surface area contributed by atoms with E-state index in [0.29, 0.717) is 5.03 Å². The van der Waals surface area contributed by atoms with Gasteiger partial charge in [-0.25, -0.2) is 8.78 Å². The van der Waals surface area contributed by atoms with Crippen molar-refractivity contribution in [1.82, 2.24) is 10.2 Å². The van der Waals surface area contributed by atoms with Crippen LogP contribution in [0.3, 0.4) is 0 Å². The largest absolute Gasteiger partial charge is 0.323 e. The number of hydrogen-bond acceptors (Lipinski definition) is 4. The molecule has 1 N–H and O–H groups in total. The highest BCUT2D eigenvalue weighted by Gasteiger charge is 2.10. The van der Waals surface area contributed by atoms with Gasteiger partial charge in [-0.15, -0.1) is 10.2 Å². The van der Waals surface area contributed by atoms with Gasteiger partial charge in [0.2, 0.25) is 5.91 Å². The second kappa shape index (κ2) is 8.26. The molecule has 2 aromatic carbocycles. The quantitative estimate of drug-likeness (QED) is 0.643. The fraction of sp³-hybridized carbons (Fsp3) is 0.150. The van der Waals surface area contributed by atoms with Gasteiger partial charge < -0.3 is 5.32 Å². The fourth-order valence-electron chi connectivity index (χ4n) is 2.56. The smallest absolute Gasteiger partial charge is 0.234 e. The zero-order valence-corrected chi connectivity index (χ0v) is 15.6. The number of amides is 1. The molecule has 0 aliphatic heterocycles. The summed E-state index contributed by atoms with van der Waals surface area (Å²) in [6.07, 6.45) is 0. The van der Waals surface area contributed by atoms with Gasteiger partial charge in [-0.3, -0.25) is 4.79 Å². The molecule has 0 bridgehead atoms. The lowest BCUT2D eigenvalue weighted by Gasteiger charge is -2.07. The Labute approximate surface area is 160 Å². The molecule has 1 amide bonds. The number of carbonyl (C=O) groups is 1. The summed E-state index contributed by atoms with van der Waals surface area (Å²) in [5.74, 6) is -1.88. The lowest BCUT2D eigenvalue weighted by molar-refractivity contribution is -0.113. The van der Waals surface area contributed by atoms with Crippen molar-refractivity contribution in [1.29, 1.82) is 0 Å². The maximum Gasteiger partial charge on any atom is 0.234 e. The van der Waals surface area contributed by atoms with Crippen LogP contribution in [0.2, 0.25) is 0 Å². The van der Waals surface area contributed by atoms with Crippen molar-refractivity contribution in [3.05, 3.63) is 71.3 Å². The van der Waals surface area contributed by atoms with E-state index in [0.717, 1.165) is 29.0 Å². The maximum absolute atomic E-state index is 13.6. The fourth-order valence-corrected chi connectivity index (χ4v) is 3.17. The molecule has 138 valence electrons. The van der Waals surface area contributed by atoms with Crippen LogP contribution in [-0.2, 0) is 4.79 Å². The average molecular weight is 385 g/mol. The molecule has 0 aliphatic rings. The SMILES string of the molecule is Cc1ccc(-c2ccc(SCC(=O)Nc3ccc(F)cc3F)nn2)c(C)c1. The first-order chi connectivity index (χ1) is 12.9. The van der Waals surface area contributed by atoms with Gasteiger partial charge in [-0.2, -0.15) is 0 Å². The van der Waals surface area contributed by atoms with Crippen molar-refractivity contribution < 1.29 is 13.6 Å². The number of thioether (sulfide) groups is 1. The summed E-state index contributed by atoms with van der Waals surface area (Å²) in [4.78, 5) is 11.9. The highest BCUT2D eigenvalue weighted by Crippen LogP contribution is 2.24. The van der Waals surface area contributed by atoms with Crippen LogP contribution in [0.4, 0.5) is 14.5 Å². The van der Waals surface area contributed by atoms with E-state index in [1.54, 1.807) is 6.07 Å². The minimum Gasteiger partial charge on any atom is -0.323 e. The van der Waals surface area contributed by atoms with Crippen LogP contribution in [0.25, 0.3) is 11.3 Å². The third-order valence-corrected chi connectivity index (χ3v) is 4.77. The first-order valence-electron chi connectivity index (χ1n) is 8.21. The van der Waals surface area contributed by atoms with Crippen molar-refractivity contribution in [2.75, 3.05) is 11.1 Å². The van der Waals surface area contributed by atoms with Crippen LogP contribution >= 0.6 is 11.8 Å². The van der Waals surface area contributed by atoms with Gasteiger partial charge in [-0.05, 0) is 43.7 Å². The van der Waals surface area contributed by atoms with Crippen LogP contribution in [-0.4, -0.2) is 21.9 Å². The number of hydrogen-bond donors (Lipinski definition) is 1. The molecule has 1 aromatic heterocycles. The summed E-state index contributed by atoms with van der Waals surface area (Å²) in [7, 11) is 0. The van der Waals surface area contributed by atoms with Crippen molar-refractivity contribution in [2.24, 2.45) is 0 Å². The second-order valence-electron chi connectivity index (χ2n) is 6.04. The predicted octanol–water partition coefficient (Wildman–Crippen LogP) is 4.77. The van der Waals surface area contributed by atoms with Gasteiger partial charge in [0, 0.05) is 11.6 Å². The Balaban J connectivity index is 1.60. The Morgan fingerprint density at radius 2 is 1.85 bits per heavy atom. The number of rotatable bonds is 5. The summed E-state index contributed by atoms with van der Waals surface area (Å²) >= 11 is 1.19. The lowest BCUT2D eigenvalue weighted by Crippen LogP contribution is -2.15. The van der Waals surface area contributed by atoms with Crippen LogP contribution in [0.5, 0.6) is 0 Å². The minimum absolute atomic E-state index is 0.0361. The van der Waals surface area contributed by atoms with Gasteiger partial charge in [-0.1, -0.05) is 35.5 Å². The van der Waals surface area contributed by atoms with E-state index < -0.39 is 17.5 Å². The Kier molecular flexibility index (Phi) is 5.81. The summed E-state index contributed by atoms with van der Waals surface area (Å²) < 4.78 is 26.4. The molecule has 0 fully saturated rings. The molecule has 0 aliphatic carbocycles. The molecule has 0 spiro atoms. The summed E-state index contributed by atoms with van der Waals surface area (Å²) in [6, 6.07) is 12.7. The molecule has 0 unspecified atom stereocenters. The molecule has 1 heterocycles. The third kappa shape index (κ3) is 4.89. The third-order valence-electron chi connectivity index (χ3n) is 3.85. The highest BCUT2D eigenvalue weighted by molar-refractivity contribution is 7.99. The van der Waals surface area contributed by atoms with E-state index in [4.69, 9.17) is 0 Å². The standard InChI is InChI=1S/C20H17F2N3OS/c1-12-3-5-15(13(2)9-12)17-7-8-20(25-24-17)27-11-19(26)23-18-6-4-14(21)10-16(18)22/h3-10H,11H2,1-2H3,(H,23,26). The van der Waals surface area contributed by atoms with Gasteiger partial charge in [0.05, 0.1) is 17.1 Å². The molecule has 0 atom stereocenters. The summed E-state index contributed by atoms with van der Waals surface area (Å²) in [6.45, 7) is 4.05. The number of nitrogens with one attached hydrogen (secondary N) is 1. The van der Waals surface area contributed by atoms with E-state index in [1.165, 1.54) is 23.4 Å². The molecule has 27 heavy (non-hydrogen) atoms. The maximum atomic E-state index is 13.6. The van der Waals surface area contributed by atoms with Crippen molar-refractivity contribution in [2.45, 2.75) is 18.9 Å². The Hall–Kier alpha value is -2.80. The minimum atomic E-state index is -0.814. The zero-order valence-electron chi connectivity index (χ0n) is 14.8. The number of carbonyl (C=O) groups excluding carboxylic acids is 1. The van der Waals surface area contributed by atoms with Crippen molar-refractivity contribution in [3.63, 3.8) is 0 Å². The van der Waals surface area contributed by atoms with Gasteiger partial charge in [0.15, 0.2) is 0 Å². The van der Waals surface area contributed by atoms with Crippen LogP contribution in [0, 0.1) is 25.5 Å². The predicted molar refractivity (Wildman–Crippen MR) is 103 cm³/mol. The normalized spacial score (nSPS) is 10.7. The van der Waals surface area contributed by atoms with Gasteiger partial charge in [0.25, 0.3) is 0 Å².